The fourth-order valence-corrected chi connectivity index (χ4v) is 4.33. The summed E-state index contributed by atoms with van der Waals surface area (Å²) < 4.78 is 33.1. The third kappa shape index (κ3) is 7.11. The van der Waals surface area contributed by atoms with Crippen LogP contribution in [0.1, 0.15) is 38.8 Å². The predicted octanol–water partition coefficient (Wildman–Crippen LogP) is 4.20. The van der Waals surface area contributed by atoms with E-state index in [9.17, 15) is 18.0 Å². The molecule has 0 saturated heterocycles. The van der Waals surface area contributed by atoms with Gasteiger partial charge in [-0.2, -0.15) is 0 Å². The molecule has 182 valence electrons. The number of benzene rings is 3. The van der Waals surface area contributed by atoms with E-state index < -0.39 is 10.0 Å². The smallest absolute Gasteiger partial charge is 0.253 e. The van der Waals surface area contributed by atoms with E-state index in [4.69, 9.17) is 4.74 Å². The second-order valence-corrected chi connectivity index (χ2v) is 9.77. The quantitative estimate of drug-likeness (QED) is 0.320. The molecule has 3 rings (SSSR count). The van der Waals surface area contributed by atoms with Gasteiger partial charge in [-0.05, 0) is 54.4 Å². The van der Waals surface area contributed by atoms with E-state index in [1.165, 1.54) is 31.2 Å². The fraction of sp³-hybridized carbons (Fsp3) is 0.185. The molecule has 0 aliphatic rings. The van der Waals surface area contributed by atoms with Crippen molar-refractivity contribution in [1.82, 2.24) is 9.62 Å². The zero-order chi connectivity index (χ0) is 25.4. The van der Waals surface area contributed by atoms with Gasteiger partial charge < -0.3 is 9.64 Å². The monoisotopic (exact) mass is 492 g/mol. The second-order valence-electron chi connectivity index (χ2n) is 8.01. The molecule has 0 atom stereocenters. The number of amides is 1. The average molecular weight is 493 g/mol. The van der Waals surface area contributed by atoms with Gasteiger partial charge in [-0.25, -0.2) is 13.1 Å². The maximum atomic E-state index is 12.8. The number of Topliss-reactive ketones (excluding diaryl/α,β-unsaturated/α-hetero) is 1. The van der Waals surface area contributed by atoms with Crippen LogP contribution >= 0.6 is 0 Å². The van der Waals surface area contributed by atoms with Crippen molar-refractivity contribution >= 4 is 21.7 Å². The summed E-state index contributed by atoms with van der Waals surface area (Å²) in [4.78, 5) is 25.9. The average Bonchev–Trinajstić information content (AvgIpc) is 2.87. The van der Waals surface area contributed by atoms with Crippen molar-refractivity contribution in [1.29, 1.82) is 0 Å². The summed E-state index contributed by atoms with van der Waals surface area (Å²) in [5.41, 5.74) is 2.63. The maximum absolute atomic E-state index is 12.8. The molecule has 0 radical (unpaired) electrons. The highest BCUT2D eigenvalue weighted by molar-refractivity contribution is 7.89. The van der Waals surface area contributed by atoms with Gasteiger partial charge in [-0.1, -0.05) is 49.1 Å². The number of sulfonamides is 1. The van der Waals surface area contributed by atoms with Gasteiger partial charge >= 0.3 is 0 Å². The molecule has 0 unspecified atom stereocenters. The van der Waals surface area contributed by atoms with E-state index in [2.05, 4.69) is 11.3 Å². The van der Waals surface area contributed by atoms with Crippen LogP contribution in [0.5, 0.6) is 5.75 Å². The first kappa shape index (κ1) is 25.9. The molecule has 0 fully saturated rings. The minimum atomic E-state index is -3.73. The first-order chi connectivity index (χ1) is 16.7. The lowest BCUT2D eigenvalue weighted by Crippen LogP contribution is -2.26. The largest absolute Gasteiger partial charge is 0.490 e. The van der Waals surface area contributed by atoms with Gasteiger partial charge in [0.15, 0.2) is 5.78 Å². The number of rotatable bonds is 11. The van der Waals surface area contributed by atoms with Crippen LogP contribution in [0, 0.1) is 0 Å². The van der Waals surface area contributed by atoms with Crippen molar-refractivity contribution in [2.75, 3.05) is 13.7 Å². The van der Waals surface area contributed by atoms with E-state index in [1.54, 1.807) is 42.3 Å². The Bertz CT molecular complexity index is 1280. The van der Waals surface area contributed by atoms with Gasteiger partial charge in [0, 0.05) is 31.3 Å². The molecule has 7 nitrogen and oxygen atoms in total. The Balaban J connectivity index is 1.57. The van der Waals surface area contributed by atoms with E-state index in [0.717, 1.165) is 11.3 Å². The Hall–Kier alpha value is -3.75. The minimum Gasteiger partial charge on any atom is -0.490 e. The van der Waals surface area contributed by atoms with E-state index in [-0.39, 0.29) is 23.1 Å². The molecule has 0 aliphatic carbocycles. The molecule has 35 heavy (non-hydrogen) atoms. The van der Waals surface area contributed by atoms with Crippen molar-refractivity contribution in [2.24, 2.45) is 0 Å². The second kappa shape index (κ2) is 11.6. The molecule has 0 spiro atoms. The first-order valence-corrected chi connectivity index (χ1v) is 12.5. The Morgan fingerprint density at radius 1 is 0.914 bits per heavy atom. The highest BCUT2D eigenvalue weighted by Gasteiger charge is 2.15. The molecular weight excluding hydrogens is 464 g/mol. The van der Waals surface area contributed by atoms with Crippen LogP contribution in [0.3, 0.4) is 0 Å². The van der Waals surface area contributed by atoms with Crippen LogP contribution in [0.15, 0.2) is 90.3 Å². The van der Waals surface area contributed by atoms with Gasteiger partial charge in [0.2, 0.25) is 10.0 Å². The van der Waals surface area contributed by atoms with Gasteiger partial charge in [-0.3, -0.25) is 9.59 Å². The van der Waals surface area contributed by atoms with Crippen molar-refractivity contribution in [3.63, 3.8) is 0 Å². The van der Waals surface area contributed by atoms with E-state index in [1.807, 2.05) is 24.3 Å². The first-order valence-electron chi connectivity index (χ1n) is 11.0. The summed E-state index contributed by atoms with van der Waals surface area (Å²) in [6.45, 7) is 5.98. The molecular formula is C27H28N2O5S. The van der Waals surface area contributed by atoms with Crippen molar-refractivity contribution in [2.45, 2.75) is 24.9 Å². The van der Waals surface area contributed by atoms with E-state index >= 15 is 0 Å². The van der Waals surface area contributed by atoms with Crippen molar-refractivity contribution in [3.05, 3.63) is 108 Å². The summed E-state index contributed by atoms with van der Waals surface area (Å²) in [6, 6.07) is 20.1. The highest BCUT2D eigenvalue weighted by Crippen LogP contribution is 2.16. The molecule has 0 bridgehead atoms. The van der Waals surface area contributed by atoms with Crippen molar-refractivity contribution in [3.8, 4) is 5.75 Å². The normalized spacial score (nSPS) is 11.0. The number of hydrogen-bond donors (Lipinski definition) is 1. The topological polar surface area (TPSA) is 92.8 Å². The highest BCUT2D eigenvalue weighted by atomic mass is 32.2. The van der Waals surface area contributed by atoms with Crippen LogP contribution < -0.4 is 9.46 Å². The van der Waals surface area contributed by atoms with Gasteiger partial charge in [0.05, 0.1) is 4.90 Å². The van der Waals surface area contributed by atoms with Gasteiger partial charge in [0.25, 0.3) is 5.91 Å². The summed E-state index contributed by atoms with van der Waals surface area (Å²) in [5.74, 6) is 0.463. The number of ether oxygens (including phenoxy) is 1. The SMILES string of the molecule is C=CCOc1ccc(CN(C)C(=O)c2ccc(CNS(=O)(=O)c3ccc(C(C)=O)cc3)cc2)cc1. The summed E-state index contributed by atoms with van der Waals surface area (Å²) in [7, 11) is -2.01. The van der Waals surface area contributed by atoms with Crippen molar-refractivity contribution < 1.29 is 22.7 Å². The predicted molar refractivity (Wildman–Crippen MR) is 135 cm³/mol. The van der Waals surface area contributed by atoms with Crippen LogP contribution in [-0.4, -0.2) is 38.7 Å². The third-order valence-electron chi connectivity index (χ3n) is 5.30. The molecule has 0 saturated carbocycles. The molecule has 0 heterocycles. The molecule has 3 aromatic rings. The molecule has 1 amide bonds. The summed E-state index contributed by atoms with van der Waals surface area (Å²) >= 11 is 0. The maximum Gasteiger partial charge on any atom is 0.253 e. The number of hydrogen-bond acceptors (Lipinski definition) is 5. The lowest BCUT2D eigenvalue weighted by atomic mass is 10.1. The van der Waals surface area contributed by atoms with Crippen LogP contribution in [0.2, 0.25) is 0 Å². The number of nitrogens with one attached hydrogen (secondary N) is 1. The number of carbonyl (C=O) groups is 2. The molecule has 3 aromatic carbocycles. The zero-order valence-corrected chi connectivity index (χ0v) is 20.5. The fourth-order valence-electron chi connectivity index (χ4n) is 3.31. The Morgan fingerprint density at radius 3 is 2.06 bits per heavy atom. The minimum absolute atomic E-state index is 0.0708. The standard InChI is InChI=1S/C27H28N2O5S/c1-4-17-34-25-13-7-22(8-14-25)19-29(3)27(31)24-9-5-21(6-10-24)18-28-35(32,33)26-15-11-23(12-16-26)20(2)30/h4-16,28H,1,17-19H2,2-3H3. The molecule has 0 aliphatic heterocycles. The molecule has 8 heteroatoms. The number of nitrogens with zero attached hydrogens (tertiary/aromatic N) is 1. The molecule has 1 N–H and O–H groups in total. The third-order valence-corrected chi connectivity index (χ3v) is 6.71. The molecule has 0 aromatic heterocycles. The Kier molecular flexibility index (Phi) is 8.57. The zero-order valence-electron chi connectivity index (χ0n) is 19.7. The van der Waals surface area contributed by atoms with Gasteiger partial charge in [-0.15, -0.1) is 0 Å². The Morgan fingerprint density at radius 2 is 1.49 bits per heavy atom. The summed E-state index contributed by atoms with van der Waals surface area (Å²) in [6.07, 6.45) is 1.68. The van der Waals surface area contributed by atoms with E-state index in [0.29, 0.717) is 29.8 Å². The number of ketones is 1. The van der Waals surface area contributed by atoms with Crippen LogP contribution in [0.4, 0.5) is 0 Å². The van der Waals surface area contributed by atoms with Gasteiger partial charge in [0.1, 0.15) is 12.4 Å². The number of carbonyl (C=O) groups excluding carboxylic acids is 2. The lowest BCUT2D eigenvalue weighted by Gasteiger charge is -2.18. The van der Waals surface area contributed by atoms with Crippen LogP contribution in [-0.2, 0) is 23.1 Å². The summed E-state index contributed by atoms with van der Waals surface area (Å²) in [5, 5.41) is 0. The van der Waals surface area contributed by atoms with Crippen LogP contribution in [0.25, 0.3) is 0 Å². The lowest BCUT2D eigenvalue weighted by molar-refractivity contribution is 0.0785. The Labute approximate surface area is 206 Å².